The first-order chi connectivity index (χ1) is 5.24. The van der Waals surface area contributed by atoms with E-state index in [0.717, 1.165) is 11.3 Å². The fourth-order valence-corrected chi connectivity index (χ4v) is 1.58. The number of carbonyl (C=O) groups excluding carboxylic acids is 1. The monoisotopic (exact) mass is 170 g/mol. The Bertz CT molecular complexity index is 252. The Morgan fingerprint density at radius 2 is 2.45 bits per heavy atom. The third-order valence-corrected chi connectivity index (χ3v) is 2.33. The van der Waals surface area contributed by atoms with Gasteiger partial charge in [0.05, 0.1) is 0 Å². The molecule has 3 heteroatoms. The van der Waals surface area contributed by atoms with E-state index in [4.69, 9.17) is 4.74 Å². The Balaban J connectivity index is 2.76. The lowest BCUT2D eigenvalue weighted by molar-refractivity contribution is -0.131. The van der Waals surface area contributed by atoms with E-state index in [-0.39, 0.29) is 5.97 Å². The van der Waals surface area contributed by atoms with Crippen LogP contribution >= 0.6 is 11.3 Å². The maximum atomic E-state index is 10.6. The van der Waals surface area contributed by atoms with Crippen LogP contribution in [0.4, 0.5) is 0 Å². The Kier molecular flexibility index (Phi) is 2.65. The van der Waals surface area contributed by atoms with E-state index in [1.165, 1.54) is 6.92 Å². The fourth-order valence-electron chi connectivity index (χ4n) is 0.832. The summed E-state index contributed by atoms with van der Waals surface area (Å²) in [6, 6.07) is 1.82. The zero-order valence-electron chi connectivity index (χ0n) is 6.59. The van der Waals surface area contributed by atoms with E-state index in [9.17, 15) is 4.79 Å². The second-order valence-electron chi connectivity index (χ2n) is 2.16. The molecule has 0 saturated carbocycles. The molecule has 0 aliphatic heterocycles. The van der Waals surface area contributed by atoms with Gasteiger partial charge in [-0.15, -0.1) is 11.3 Å². The van der Waals surface area contributed by atoms with Gasteiger partial charge in [0, 0.05) is 11.8 Å². The summed E-state index contributed by atoms with van der Waals surface area (Å²) in [6.07, 6.45) is 0.917. The summed E-state index contributed by atoms with van der Waals surface area (Å²) in [7, 11) is 0. The number of hydrogen-bond donors (Lipinski definition) is 0. The Hall–Kier alpha value is -0.830. The summed E-state index contributed by atoms with van der Waals surface area (Å²) in [5, 5.41) is 1.93. The summed E-state index contributed by atoms with van der Waals surface area (Å²) in [5.74, 6) is 0.461. The number of esters is 1. The number of rotatable bonds is 2. The van der Waals surface area contributed by atoms with Crippen molar-refractivity contribution in [2.75, 3.05) is 0 Å². The van der Waals surface area contributed by atoms with Crippen LogP contribution < -0.4 is 4.74 Å². The lowest BCUT2D eigenvalue weighted by Gasteiger charge is -1.99. The fraction of sp³-hybridized carbons (Fsp3) is 0.375. The van der Waals surface area contributed by atoms with Gasteiger partial charge in [0.15, 0.2) is 0 Å². The molecule has 2 nitrogen and oxygen atoms in total. The standard InChI is InChI=1S/C8H10O2S/c1-3-8-7(4-5-11-8)10-6(2)9/h4-5H,3H2,1-2H3. The van der Waals surface area contributed by atoms with Crippen molar-refractivity contribution in [3.05, 3.63) is 16.3 Å². The van der Waals surface area contributed by atoms with Crippen LogP contribution in [-0.2, 0) is 11.2 Å². The maximum absolute atomic E-state index is 10.6. The molecule has 0 unspecified atom stereocenters. The van der Waals surface area contributed by atoms with Gasteiger partial charge in [-0.2, -0.15) is 0 Å². The number of carbonyl (C=O) groups is 1. The van der Waals surface area contributed by atoms with Crippen LogP contribution in [0.5, 0.6) is 5.75 Å². The largest absolute Gasteiger partial charge is 0.426 e. The van der Waals surface area contributed by atoms with Gasteiger partial charge in [-0.1, -0.05) is 6.92 Å². The molecule has 0 fully saturated rings. The van der Waals surface area contributed by atoms with E-state index < -0.39 is 0 Å². The molecule has 60 valence electrons. The molecule has 0 aliphatic rings. The van der Waals surface area contributed by atoms with E-state index in [1.807, 2.05) is 18.4 Å². The SMILES string of the molecule is CCc1sccc1OC(C)=O. The van der Waals surface area contributed by atoms with Gasteiger partial charge in [-0.05, 0) is 17.9 Å². The van der Waals surface area contributed by atoms with Gasteiger partial charge in [0.2, 0.25) is 0 Å². The first-order valence-corrected chi connectivity index (χ1v) is 4.36. The van der Waals surface area contributed by atoms with Crippen LogP contribution in [-0.4, -0.2) is 5.97 Å². The Morgan fingerprint density at radius 1 is 1.73 bits per heavy atom. The molecule has 0 bridgehead atoms. The molecule has 0 atom stereocenters. The van der Waals surface area contributed by atoms with Crippen molar-refractivity contribution in [2.24, 2.45) is 0 Å². The topological polar surface area (TPSA) is 26.3 Å². The van der Waals surface area contributed by atoms with Gasteiger partial charge in [0.1, 0.15) is 5.75 Å². The van der Waals surface area contributed by atoms with Crippen molar-refractivity contribution in [1.82, 2.24) is 0 Å². The zero-order valence-corrected chi connectivity index (χ0v) is 7.40. The van der Waals surface area contributed by atoms with Crippen LogP contribution in [0.2, 0.25) is 0 Å². The highest BCUT2D eigenvalue weighted by molar-refractivity contribution is 7.10. The molecule has 1 rings (SSSR count). The molecule has 11 heavy (non-hydrogen) atoms. The van der Waals surface area contributed by atoms with Gasteiger partial charge in [-0.3, -0.25) is 4.79 Å². The van der Waals surface area contributed by atoms with Crippen molar-refractivity contribution in [2.45, 2.75) is 20.3 Å². The molecule has 0 aromatic carbocycles. The van der Waals surface area contributed by atoms with Crippen LogP contribution in [0, 0.1) is 0 Å². The highest BCUT2D eigenvalue weighted by Crippen LogP contribution is 2.24. The van der Waals surface area contributed by atoms with Crippen LogP contribution in [0.25, 0.3) is 0 Å². The van der Waals surface area contributed by atoms with Gasteiger partial charge in [0.25, 0.3) is 0 Å². The van der Waals surface area contributed by atoms with Crippen molar-refractivity contribution in [1.29, 1.82) is 0 Å². The number of ether oxygens (including phenoxy) is 1. The third kappa shape index (κ3) is 2.05. The summed E-state index contributed by atoms with van der Waals surface area (Å²) in [4.78, 5) is 11.7. The average molecular weight is 170 g/mol. The summed E-state index contributed by atoms with van der Waals surface area (Å²) < 4.78 is 4.95. The minimum Gasteiger partial charge on any atom is -0.426 e. The molecule has 0 amide bonds. The van der Waals surface area contributed by atoms with Gasteiger partial charge in [-0.25, -0.2) is 0 Å². The Morgan fingerprint density at radius 3 is 3.00 bits per heavy atom. The summed E-state index contributed by atoms with van der Waals surface area (Å²) in [6.45, 7) is 3.45. The minimum absolute atomic E-state index is 0.252. The van der Waals surface area contributed by atoms with Crippen molar-refractivity contribution < 1.29 is 9.53 Å². The molecule has 1 aromatic rings. The molecule has 0 radical (unpaired) electrons. The predicted octanol–water partition coefficient (Wildman–Crippen LogP) is 2.24. The third-order valence-electron chi connectivity index (χ3n) is 1.28. The van der Waals surface area contributed by atoms with Gasteiger partial charge >= 0.3 is 5.97 Å². The normalized spacial score (nSPS) is 9.64. The molecular formula is C8H10O2S. The van der Waals surface area contributed by atoms with E-state index in [0.29, 0.717) is 5.75 Å². The molecule has 0 saturated heterocycles. The quantitative estimate of drug-likeness (QED) is 0.636. The lowest BCUT2D eigenvalue weighted by Crippen LogP contribution is -2.01. The summed E-state index contributed by atoms with van der Waals surface area (Å²) in [5.41, 5.74) is 0. The maximum Gasteiger partial charge on any atom is 0.308 e. The zero-order chi connectivity index (χ0) is 8.27. The first-order valence-electron chi connectivity index (χ1n) is 3.48. The molecule has 0 spiro atoms. The van der Waals surface area contributed by atoms with Crippen LogP contribution in [0.1, 0.15) is 18.7 Å². The molecule has 1 heterocycles. The van der Waals surface area contributed by atoms with Crippen molar-refractivity contribution in [3.8, 4) is 5.75 Å². The van der Waals surface area contributed by atoms with Gasteiger partial charge < -0.3 is 4.74 Å². The van der Waals surface area contributed by atoms with E-state index in [2.05, 4.69) is 0 Å². The van der Waals surface area contributed by atoms with E-state index in [1.54, 1.807) is 11.3 Å². The second kappa shape index (κ2) is 3.53. The minimum atomic E-state index is -0.252. The number of thiophene rings is 1. The first kappa shape index (κ1) is 8.27. The predicted molar refractivity (Wildman–Crippen MR) is 45.0 cm³/mol. The summed E-state index contributed by atoms with van der Waals surface area (Å²) >= 11 is 1.61. The number of hydrogen-bond acceptors (Lipinski definition) is 3. The Labute approximate surface area is 69.8 Å². The van der Waals surface area contributed by atoms with E-state index >= 15 is 0 Å². The smallest absolute Gasteiger partial charge is 0.308 e. The molecule has 0 N–H and O–H groups in total. The lowest BCUT2D eigenvalue weighted by atomic mass is 10.3. The van der Waals surface area contributed by atoms with Crippen LogP contribution in [0.3, 0.4) is 0 Å². The number of aryl methyl sites for hydroxylation is 1. The average Bonchev–Trinajstić information content (AvgIpc) is 2.34. The van der Waals surface area contributed by atoms with Crippen molar-refractivity contribution >= 4 is 17.3 Å². The second-order valence-corrected chi connectivity index (χ2v) is 3.16. The van der Waals surface area contributed by atoms with Crippen LogP contribution in [0.15, 0.2) is 11.4 Å². The molecule has 0 aliphatic carbocycles. The molecular weight excluding hydrogens is 160 g/mol. The highest BCUT2D eigenvalue weighted by Gasteiger charge is 2.04. The highest BCUT2D eigenvalue weighted by atomic mass is 32.1. The van der Waals surface area contributed by atoms with Crippen molar-refractivity contribution in [3.63, 3.8) is 0 Å². The molecule has 1 aromatic heterocycles.